The molecule has 2 aromatic carbocycles. The molecule has 0 saturated carbocycles. The van der Waals surface area contributed by atoms with Gasteiger partial charge in [0.2, 0.25) is 10.0 Å². The Hall–Kier alpha value is -2.54. The molecule has 148 valence electrons. The molecule has 7 heteroatoms. The lowest BCUT2D eigenvalue weighted by Gasteiger charge is -2.28. The van der Waals surface area contributed by atoms with Gasteiger partial charge in [-0.2, -0.15) is 0 Å². The van der Waals surface area contributed by atoms with Gasteiger partial charge in [-0.25, -0.2) is 8.42 Å². The van der Waals surface area contributed by atoms with Crippen molar-refractivity contribution >= 4 is 21.6 Å². The average molecular weight is 401 g/mol. The number of amides is 1. The maximum atomic E-state index is 13.0. The number of carbonyl (C=O) groups excluding carboxylic acids is 1. The minimum Gasteiger partial charge on any atom is -0.478 e. The van der Waals surface area contributed by atoms with Crippen molar-refractivity contribution in [1.82, 2.24) is 5.32 Å². The van der Waals surface area contributed by atoms with E-state index in [4.69, 9.17) is 4.74 Å². The first-order chi connectivity index (χ1) is 13.4. The Kier molecular flexibility index (Phi) is 5.02. The summed E-state index contributed by atoms with van der Waals surface area (Å²) in [5.41, 5.74) is 2.91. The fraction of sp³-hybridized carbons (Fsp3) is 0.381. The van der Waals surface area contributed by atoms with Gasteiger partial charge >= 0.3 is 0 Å². The SMILES string of the molecule is CS(=O)(=O)N1CC[C@H](C(=O)N[C@@H]2CCCc3ccccc32)Oc2ccccc21. The van der Waals surface area contributed by atoms with Crippen molar-refractivity contribution in [2.24, 2.45) is 0 Å². The number of aryl methyl sites for hydroxylation is 1. The van der Waals surface area contributed by atoms with Crippen LogP contribution in [0.2, 0.25) is 0 Å². The first-order valence-electron chi connectivity index (χ1n) is 9.55. The molecule has 0 bridgehead atoms. The monoisotopic (exact) mass is 400 g/mol. The number of anilines is 1. The van der Waals surface area contributed by atoms with Gasteiger partial charge < -0.3 is 10.1 Å². The minimum atomic E-state index is -3.46. The molecular formula is C21H24N2O4S. The number of sulfonamides is 1. The molecule has 28 heavy (non-hydrogen) atoms. The summed E-state index contributed by atoms with van der Waals surface area (Å²) in [7, 11) is -3.46. The summed E-state index contributed by atoms with van der Waals surface area (Å²) >= 11 is 0. The molecule has 2 aliphatic rings. The van der Waals surface area contributed by atoms with Crippen LogP contribution >= 0.6 is 0 Å². The highest BCUT2D eigenvalue weighted by molar-refractivity contribution is 7.92. The van der Waals surface area contributed by atoms with Crippen molar-refractivity contribution in [2.45, 2.75) is 37.8 Å². The predicted octanol–water partition coefficient (Wildman–Crippen LogP) is 2.80. The van der Waals surface area contributed by atoms with Crippen molar-refractivity contribution in [2.75, 3.05) is 17.1 Å². The molecule has 1 heterocycles. The number of para-hydroxylation sites is 2. The first-order valence-corrected chi connectivity index (χ1v) is 11.4. The second kappa shape index (κ2) is 7.47. The van der Waals surface area contributed by atoms with Gasteiger partial charge in [0.05, 0.1) is 18.0 Å². The molecule has 1 N–H and O–H groups in total. The number of nitrogens with one attached hydrogen (secondary N) is 1. The minimum absolute atomic E-state index is 0.0365. The molecule has 0 unspecified atom stereocenters. The largest absolute Gasteiger partial charge is 0.478 e. The van der Waals surface area contributed by atoms with Crippen LogP contribution < -0.4 is 14.4 Å². The van der Waals surface area contributed by atoms with Gasteiger partial charge in [-0.1, -0.05) is 36.4 Å². The lowest BCUT2D eigenvalue weighted by Crippen LogP contribution is -2.42. The Bertz CT molecular complexity index is 989. The van der Waals surface area contributed by atoms with Crippen molar-refractivity contribution < 1.29 is 17.9 Å². The number of rotatable bonds is 3. The van der Waals surface area contributed by atoms with Gasteiger partial charge in [-0.15, -0.1) is 0 Å². The van der Waals surface area contributed by atoms with E-state index in [0.717, 1.165) is 24.8 Å². The van der Waals surface area contributed by atoms with Crippen LogP contribution in [-0.4, -0.2) is 33.2 Å². The van der Waals surface area contributed by atoms with Crippen molar-refractivity contribution in [1.29, 1.82) is 0 Å². The number of hydrogen-bond acceptors (Lipinski definition) is 4. The molecule has 1 amide bonds. The van der Waals surface area contributed by atoms with E-state index < -0.39 is 16.1 Å². The highest BCUT2D eigenvalue weighted by Crippen LogP contribution is 2.34. The van der Waals surface area contributed by atoms with E-state index in [-0.39, 0.29) is 18.5 Å². The molecule has 0 spiro atoms. The summed E-state index contributed by atoms with van der Waals surface area (Å²) in [6.07, 6.45) is 3.67. The van der Waals surface area contributed by atoms with Gasteiger partial charge in [0, 0.05) is 13.0 Å². The summed E-state index contributed by atoms with van der Waals surface area (Å²) < 4.78 is 31.7. The molecule has 0 fully saturated rings. The Labute approximate surface area is 165 Å². The molecule has 1 aliphatic carbocycles. The summed E-state index contributed by atoms with van der Waals surface area (Å²) in [4.78, 5) is 13.0. The summed E-state index contributed by atoms with van der Waals surface area (Å²) in [6, 6.07) is 15.1. The van der Waals surface area contributed by atoms with Crippen molar-refractivity contribution in [3.63, 3.8) is 0 Å². The third-order valence-electron chi connectivity index (χ3n) is 5.38. The normalized spacial score (nSPS) is 21.7. The lowest BCUT2D eigenvalue weighted by atomic mass is 9.87. The molecule has 0 radical (unpaired) electrons. The van der Waals surface area contributed by atoms with Gasteiger partial charge in [0.1, 0.15) is 5.75 Å². The highest BCUT2D eigenvalue weighted by atomic mass is 32.2. The molecule has 6 nitrogen and oxygen atoms in total. The summed E-state index contributed by atoms with van der Waals surface area (Å²) in [6.45, 7) is 0.204. The zero-order chi connectivity index (χ0) is 19.7. The fourth-order valence-electron chi connectivity index (χ4n) is 4.03. The maximum absolute atomic E-state index is 13.0. The Balaban J connectivity index is 1.55. The molecule has 2 aromatic rings. The Morgan fingerprint density at radius 2 is 1.86 bits per heavy atom. The van der Waals surface area contributed by atoms with Gasteiger partial charge in [-0.05, 0) is 42.5 Å². The maximum Gasteiger partial charge on any atom is 0.261 e. The van der Waals surface area contributed by atoms with E-state index in [1.807, 2.05) is 12.1 Å². The number of fused-ring (bicyclic) bond motifs is 2. The molecular weight excluding hydrogens is 376 g/mol. The fourth-order valence-corrected chi connectivity index (χ4v) is 4.97. The Morgan fingerprint density at radius 1 is 1.11 bits per heavy atom. The lowest BCUT2D eigenvalue weighted by molar-refractivity contribution is -0.129. The number of hydrogen-bond donors (Lipinski definition) is 1. The van der Waals surface area contributed by atoms with Crippen molar-refractivity contribution in [3.8, 4) is 5.75 Å². The third kappa shape index (κ3) is 3.71. The zero-order valence-electron chi connectivity index (χ0n) is 15.8. The topological polar surface area (TPSA) is 75.7 Å². The van der Waals surface area contributed by atoms with E-state index in [2.05, 4.69) is 17.4 Å². The van der Waals surface area contributed by atoms with Gasteiger partial charge in [-0.3, -0.25) is 9.10 Å². The van der Waals surface area contributed by atoms with E-state index in [9.17, 15) is 13.2 Å². The third-order valence-corrected chi connectivity index (χ3v) is 6.56. The molecule has 2 atom stereocenters. The summed E-state index contributed by atoms with van der Waals surface area (Å²) in [5, 5.41) is 3.13. The second-order valence-electron chi connectivity index (χ2n) is 7.35. The smallest absolute Gasteiger partial charge is 0.261 e. The molecule has 0 aromatic heterocycles. The van der Waals surface area contributed by atoms with E-state index in [0.29, 0.717) is 17.9 Å². The number of benzene rings is 2. The average Bonchev–Trinajstić information content (AvgIpc) is 2.88. The van der Waals surface area contributed by atoms with Gasteiger partial charge in [0.15, 0.2) is 6.10 Å². The van der Waals surface area contributed by atoms with Crippen LogP contribution in [0.4, 0.5) is 5.69 Å². The standard InChI is InChI=1S/C21H24N2O4S/c1-28(25,26)23-14-13-20(27-19-12-5-4-11-18(19)23)21(24)22-17-10-6-8-15-7-2-3-9-16(15)17/h2-5,7,9,11-12,17,20H,6,8,10,13-14H2,1H3,(H,22,24)/t17-,20-/m1/s1. The van der Waals surface area contributed by atoms with Crippen LogP contribution in [0.3, 0.4) is 0 Å². The van der Waals surface area contributed by atoms with E-state index in [1.165, 1.54) is 16.1 Å². The van der Waals surface area contributed by atoms with Crippen LogP contribution in [-0.2, 0) is 21.2 Å². The van der Waals surface area contributed by atoms with Crippen LogP contribution in [0.1, 0.15) is 36.4 Å². The second-order valence-corrected chi connectivity index (χ2v) is 9.26. The summed E-state index contributed by atoms with van der Waals surface area (Å²) in [5.74, 6) is 0.210. The van der Waals surface area contributed by atoms with Crippen LogP contribution in [0.5, 0.6) is 5.75 Å². The first kappa shape index (κ1) is 18.8. The molecule has 1 aliphatic heterocycles. The number of carbonyl (C=O) groups is 1. The van der Waals surface area contributed by atoms with Crippen LogP contribution in [0.15, 0.2) is 48.5 Å². The van der Waals surface area contributed by atoms with Gasteiger partial charge in [0.25, 0.3) is 5.91 Å². The highest BCUT2D eigenvalue weighted by Gasteiger charge is 2.32. The quantitative estimate of drug-likeness (QED) is 0.860. The molecule has 0 saturated heterocycles. The van der Waals surface area contributed by atoms with Crippen LogP contribution in [0, 0.1) is 0 Å². The van der Waals surface area contributed by atoms with Crippen LogP contribution in [0.25, 0.3) is 0 Å². The van der Waals surface area contributed by atoms with E-state index in [1.54, 1.807) is 24.3 Å². The predicted molar refractivity (Wildman–Crippen MR) is 108 cm³/mol. The molecule has 4 rings (SSSR count). The zero-order valence-corrected chi connectivity index (χ0v) is 16.6. The number of nitrogens with zero attached hydrogens (tertiary/aromatic N) is 1. The van der Waals surface area contributed by atoms with Crippen molar-refractivity contribution in [3.05, 3.63) is 59.7 Å². The Morgan fingerprint density at radius 3 is 2.68 bits per heavy atom. The number of ether oxygens (including phenoxy) is 1. The van der Waals surface area contributed by atoms with E-state index >= 15 is 0 Å².